The van der Waals surface area contributed by atoms with Gasteiger partial charge in [0.2, 0.25) is 11.8 Å². The van der Waals surface area contributed by atoms with Crippen LogP contribution < -0.4 is 0 Å². The van der Waals surface area contributed by atoms with Crippen LogP contribution in [0.4, 0.5) is 0 Å². The minimum absolute atomic E-state index is 0.0470. The molecule has 2 aliphatic heterocycles. The number of rotatable bonds is 7. The third-order valence-corrected chi connectivity index (χ3v) is 5.21. The van der Waals surface area contributed by atoms with Gasteiger partial charge in [0.15, 0.2) is 0 Å². The molecule has 2 heterocycles. The molecule has 2 saturated heterocycles. The van der Waals surface area contributed by atoms with Gasteiger partial charge in [-0.05, 0) is 32.1 Å². The third-order valence-electron chi connectivity index (χ3n) is 5.21. The van der Waals surface area contributed by atoms with E-state index >= 15 is 0 Å². The third kappa shape index (κ3) is 4.69. The molecule has 2 rings (SSSR count). The van der Waals surface area contributed by atoms with Gasteiger partial charge in [-0.3, -0.25) is 9.59 Å². The Kier molecular flexibility index (Phi) is 6.45. The monoisotopic (exact) mass is 324 g/mol. The number of likely N-dealkylation sites (tertiary alicyclic amines) is 2. The quantitative estimate of drug-likeness (QED) is 0.782. The molecule has 0 bridgehead atoms. The van der Waals surface area contributed by atoms with Crippen LogP contribution in [-0.4, -0.2) is 58.0 Å². The number of hydrogen-bond donors (Lipinski definition) is 1. The van der Waals surface area contributed by atoms with Crippen LogP contribution in [0.25, 0.3) is 0 Å². The smallest absolute Gasteiger partial charge is 0.225 e. The Morgan fingerprint density at radius 2 is 1.91 bits per heavy atom. The van der Waals surface area contributed by atoms with Crippen molar-refractivity contribution < 1.29 is 14.7 Å². The van der Waals surface area contributed by atoms with E-state index in [0.29, 0.717) is 25.8 Å². The van der Waals surface area contributed by atoms with Gasteiger partial charge in [-0.2, -0.15) is 0 Å². The van der Waals surface area contributed by atoms with E-state index in [0.717, 1.165) is 45.2 Å². The molecule has 2 amide bonds. The summed E-state index contributed by atoms with van der Waals surface area (Å²) in [5.41, 5.74) is -0.864. The normalized spacial score (nSPS) is 22.7. The summed E-state index contributed by atoms with van der Waals surface area (Å²) in [6.45, 7) is 6.31. The summed E-state index contributed by atoms with van der Waals surface area (Å²) in [6.07, 6.45) is 6.86. The highest BCUT2D eigenvalue weighted by Gasteiger charge is 2.35. The molecule has 23 heavy (non-hydrogen) atoms. The van der Waals surface area contributed by atoms with Crippen LogP contribution in [0.1, 0.15) is 71.6 Å². The first-order valence-electron chi connectivity index (χ1n) is 9.28. The van der Waals surface area contributed by atoms with E-state index in [1.807, 2.05) is 23.6 Å². The van der Waals surface area contributed by atoms with Crippen LogP contribution in [0.3, 0.4) is 0 Å². The molecule has 5 heteroatoms. The Labute approximate surface area is 140 Å². The summed E-state index contributed by atoms with van der Waals surface area (Å²) < 4.78 is 0. The lowest BCUT2D eigenvalue weighted by Gasteiger charge is -2.39. The van der Waals surface area contributed by atoms with E-state index in [2.05, 4.69) is 0 Å². The molecular formula is C18H32N2O3. The maximum Gasteiger partial charge on any atom is 0.225 e. The Hall–Kier alpha value is -1.10. The highest BCUT2D eigenvalue weighted by atomic mass is 16.3. The zero-order valence-corrected chi connectivity index (χ0v) is 14.7. The highest BCUT2D eigenvalue weighted by molar-refractivity contribution is 5.79. The highest BCUT2D eigenvalue weighted by Crippen LogP contribution is 2.27. The number of aliphatic hydroxyl groups is 1. The number of amides is 2. The average molecular weight is 324 g/mol. The lowest BCUT2D eigenvalue weighted by molar-refractivity contribution is -0.141. The molecule has 2 aliphatic rings. The largest absolute Gasteiger partial charge is 0.389 e. The van der Waals surface area contributed by atoms with E-state index < -0.39 is 5.60 Å². The topological polar surface area (TPSA) is 60.9 Å². The van der Waals surface area contributed by atoms with Gasteiger partial charge in [0.05, 0.1) is 12.0 Å². The van der Waals surface area contributed by atoms with Crippen molar-refractivity contribution >= 4 is 11.8 Å². The van der Waals surface area contributed by atoms with Gasteiger partial charge in [0.25, 0.3) is 0 Å². The standard InChI is InChI=1S/C18H32N2O3/c1-3-9-18(23,10-4-2)13-17(22)19-11-5-7-15(14-19)20-12-6-8-16(20)21/h15,23H,3-14H2,1-2H3. The SMILES string of the molecule is CCCC(O)(CCC)CC(=O)N1CCCC(N2CCCC2=O)C1. The minimum Gasteiger partial charge on any atom is -0.389 e. The summed E-state index contributed by atoms with van der Waals surface area (Å²) in [4.78, 5) is 28.4. The zero-order valence-electron chi connectivity index (χ0n) is 14.7. The van der Waals surface area contributed by atoms with Gasteiger partial charge in [-0.1, -0.05) is 26.7 Å². The van der Waals surface area contributed by atoms with Crippen molar-refractivity contribution in [2.45, 2.75) is 83.3 Å². The number of nitrogens with zero attached hydrogens (tertiary/aromatic N) is 2. The summed E-state index contributed by atoms with van der Waals surface area (Å²) in [6, 6.07) is 0.174. The van der Waals surface area contributed by atoms with Crippen molar-refractivity contribution in [2.75, 3.05) is 19.6 Å². The second kappa shape index (κ2) is 8.13. The molecule has 0 aromatic heterocycles. The first-order chi connectivity index (χ1) is 11.0. The van der Waals surface area contributed by atoms with Crippen molar-refractivity contribution in [3.8, 4) is 0 Å². The van der Waals surface area contributed by atoms with Crippen LogP contribution >= 0.6 is 0 Å². The molecule has 1 atom stereocenters. The molecule has 0 radical (unpaired) electrons. The fourth-order valence-electron chi connectivity index (χ4n) is 4.12. The lowest BCUT2D eigenvalue weighted by Crippen LogP contribution is -2.51. The minimum atomic E-state index is -0.864. The van der Waals surface area contributed by atoms with E-state index in [1.54, 1.807) is 0 Å². The average Bonchev–Trinajstić information content (AvgIpc) is 2.94. The van der Waals surface area contributed by atoms with E-state index in [4.69, 9.17) is 0 Å². The van der Waals surface area contributed by atoms with Crippen LogP contribution in [0.5, 0.6) is 0 Å². The first-order valence-corrected chi connectivity index (χ1v) is 9.28. The number of carbonyl (C=O) groups excluding carboxylic acids is 2. The second-order valence-electron chi connectivity index (χ2n) is 7.23. The molecule has 0 spiro atoms. The Morgan fingerprint density at radius 1 is 1.22 bits per heavy atom. The van der Waals surface area contributed by atoms with Crippen molar-refractivity contribution in [1.29, 1.82) is 0 Å². The lowest BCUT2D eigenvalue weighted by atomic mass is 9.88. The van der Waals surface area contributed by atoms with Crippen LogP contribution in [0, 0.1) is 0 Å². The molecule has 0 aliphatic carbocycles. The molecule has 5 nitrogen and oxygen atoms in total. The van der Waals surface area contributed by atoms with Gasteiger partial charge < -0.3 is 14.9 Å². The Morgan fingerprint density at radius 3 is 2.48 bits per heavy atom. The van der Waals surface area contributed by atoms with E-state index in [9.17, 15) is 14.7 Å². The number of piperidine rings is 1. The van der Waals surface area contributed by atoms with Gasteiger partial charge >= 0.3 is 0 Å². The van der Waals surface area contributed by atoms with E-state index in [-0.39, 0.29) is 24.3 Å². The van der Waals surface area contributed by atoms with E-state index in [1.165, 1.54) is 0 Å². The molecule has 0 aromatic rings. The predicted molar refractivity (Wildman–Crippen MR) is 89.9 cm³/mol. The first kappa shape index (κ1) is 18.2. The Balaban J connectivity index is 1.94. The molecule has 132 valence electrons. The Bertz CT molecular complexity index is 418. The van der Waals surface area contributed by atoms with Crippen molar-refractivity contribution in [2.24, 2.45) is 0 Å². The molecule has 2 fully saturated rings. The maximum absolute atomic E-state index is 12.7. The predicted octanol–water partition coefficient (Wildman–Crippen LogP) is 2.32. The van der Waals surface area contributed by atoms with Crippen LogP contribution in [-0.2, 0) is 9.59 Å². The molecular weight excluding hydrogens is 292 g/mol. The second-order valence-corrected chi connectivity index (χ2v) is 7.23. The zero-order chi connectivity index (χ0) is 16.9. The van der Waals surface area contributed by atoms with Gasteiger partial charge in [-0.25, -0.2) is 0 Å². The molecule has 1 N–H and O–H groups in total. The van der Waals surface area contributed by atoms with Crippen molar-refractivity contribution in [3.05, 3.63) is 0 Å². The molecule has 0 aromatic carbocycles. The fraction of sp³-hybridized carbons (Fsp3) is 0.889. The number of hydrogen-bond acceptors (Lipinski definition) is 3. The van der Waals surface area contributed by atoms with Gasteiger partial charge in [0, 0.05) is 32.1 Å². The van der Waals surface area contributed by atoms with Gasteiger partial charge in [0.1, 0.15) is 0 Å². The summed E-state index contributed by atoms with van der Waals surface area (Å²) >= 11 is 0. The van der Waals surface area contributed by atoms with Crippen LogP contribution in [0.2, 0.25) is 0 Å². The fourth-order valence-corrected chi connectivity index (χ4v) is 4.12. The van der Waals surface area contributed by atoms with Crippen molar-refractivity contribution in [3.63, 3.8) is 0 Å². The number of carbonyl (C=O) groups is 2. The summed E-state index contributed by atoms with van der Waals surface area (Å²) in [7, 11) is 0. The van der Waals surface area contributed by atoms with Gasteiger partial charge in [-0.15, -0.1) is 0 Å². The molecule has 1 unspecified atom stereocenters. The maximum atomic E-state index is 12.7. The van der Waals surface area contributed by atoms with Crippen LogP contribution in [0.15, 0.2) is 0 Å². The molecule has 0 saturated carbocycles. The summed E-state index contributed by atoms with van der Waals surface area (Å²) in [5, 5.41) is 10.7. The summed E-state index contributed by atoms with van der Waals surface area (Å²) in [5.74, 6) is 0.281. The van der Waals surface area contributed by atoms with Crippen molar-refractivity contribution in [1.82, 2.24) is 9.80 Å².